The van der Waals surface area contributed by atoms with Gasteiger partial charge in [-0.05, 0) is 41.0 Å². The number of fused-ring (bicyclic) bond motifs is 3. The first-order valence-electron chi connectivity index (χ1n) is 11.0. The lowest BCUT2D eigenvalue weighted by Gasteiger charge is -2.19. The normalized spacial score (nSPS) is 14.1. The molecule has 1 aliphatic carbocycles. The molecule has 7 nitrogen and oxygen atoms in total. The van der Waals surface area contributed by atoms with Gasteiger partial charge in [0.05, 0.1) is 0 Å². The van der Waals surface area contributed by atoms with Gasteiger partial charge in [-0.1, -0.05) is 62.4 Å². The van der Waals surface area contributed by atoms with Crippen molar-refractivity contribution in [3.05, 3.63) is 59.7 Å². The van der Waals surface area contributed by atoms with E-state index in [1.54, 1.807) is 0 Å². The van der Waals surface area contributed by atoms with Crippen LogP contribution in [0.3, 0.4) is 0 Å². The van der Waals surface area contributed by atoms with Crippen LogP contribution in [-0.4, -0.2) is 42.3 Å². The number of hydrogen-bond donors (Lipinski definition) is 3. The van der Waals surface area contributed by atoms with Crippen LogP contribution in [-0.2, 0) is 14.3 Å². The summed E-state index contributed by atoms with van der Waals surface area (Å²) in [4.78, 5) is 35.5. The number of aliphatic carboxylic acids is 1. The number of hydrogen-bond acceptors (Lipinski definition) is 4. The lowest BCUT2D eigenvalue weighted by Crippen LogP contribution is -2.47. The van der Waals surface area contributed by atoms with Crippen LogP contribution in [0.4, 0.5) is 4.79 Å². The number of ether oxygens (including phenoxy) is 1. The Morgan fingerprint density at radius 2 is 1.62 bits per heavy atom. The van der Waals surface area contributed by atoms with Gasteiger partial charge in [0.25, 0.3) is 0 Å². The molecule has 0 saturated carbocycles. The van der Waals surface area contributed by atoms with E-state index in [0.717, 1.165) is 22.3 Å². The zero-order chi connectivity index (χ0) is 23.1. The van der Waals surface area contributed by atoms with Crippen molar-refractivity contribution in [1.82, 2.24) is 10.6 Å². The van der Waals surface area contributed by atoms with E-state index in [9.17, 15) is 14.4 Å². The van der Waals surface area contributed by atoms with Gasteiger partial charge in [-0.3, -0.25) is 9.59 Å². The number of rotatable bonds is 10. The van der Waals surface area contributed by atoms with Crippen molar-refractivity contribution < 1.29 is 24.2 Å². The molecule has 2 amide bonds. The third-order valence-corrected chi connectivity index (χ3v) is 5.84. The smallest absolute Gasteiger partial charge is 0.407 e. The number of carboxylic acid groups (broad SMARTS) is 1. The summed E-state index contributed by atoms with van der Waals surface area (Å²) in [5, 5.41) is 14.2. The second kappa shape index (κ2) is 10.8. The zero-order valence-electron chi connectivity index (χ0n) is 18.5. The number of amides is 2. The van der Waals surface area contributed by atoms with Gasteiger partial charge in [0.15, 0.2) is 0 Å². The fourth-order valence-electron chi connectivity index (χ4n) is 4.01. The Bertz CT molecular complexity index is 929. The molecular weight excluding hydrogens is 408 g/mol. The number of carbonyl (C=O) groups excluding carboxylic acids is 2. The Labute approximate surface area is 188 Å². The molecule has 32 heavy (non-hydrogen) atoms. The highest BCUT2D eigenvalue weighted by molar-refractivity contribution is 5.85. The largest absolute Gasteiger partial charge is 0.481 e. The maximum absolute atomic E-state index is 12.4. The van der Waals surface area contributed by atoms with E-state index in [-0.39, 0.29) is 30.8 Å². The highest BCUT2D eigenvalue weighted by Crippen LogP contribution is 2.44. The molecule has 0 spiro atoms. The lowest BCUT2D eigenvalue weighted by atomic mass is 9.98. The van der Waals surface area contributed by atoms with Crippen molar-refractivity contribution in [2.45, 2.75) is 45.1 Å². The van der Waals surface area contributed by atoms with E-state index in [4.69, 9.17) is 9.84 Å². The molecule has 3 rings (SSSR count). The Morgan fingerprint density at radius 1 is 1.03 bits per heavy atom. The van der Waals surface area contributed by atoms with Crippen molar-refractivity contribution in [2.24, 2.45) is 5.92 Å². The summed E-state index contributed by atoms with van der Waals surface area (Å²) < 4.78 is 5.52. The number of carboxylic acids is 1. The number of nitrogens with one attached hydrogen (secondary N) is 2. The first-order chi connectivity index (χ1) is 15.4. The highest BCUT2D eigenvalue weighted by atomic mass is 16.5. The maximum Gasteiger partial charge on any atom is 0.407 e. The van der Waals surface area contributed by atoms with Crippen molar-refractivity contribution >= 4 is 18.0 Å². The maximum atomic E-state index is 12.4. The molecule has 3 N–H and O–H groups in total. The zero-order valence-corrected chi connectivity index (χ0v) is 18.5. The summed E-state index contributed by atoms with van der Waals surface area (Å²) in [5.41, 5.74) is 4.56. The molecule has 1 unspecified atom stereocenters. The molecule has 2 aromatic carbocycles. The third-order valence-electron chi connectivity index (χ3n) is 5.84. The fourth-order valence-corrected chi connectivity index (χ4v) is 4.01. The first-order valence-corrected chi connectivity index (χ1v) is 11.0. The minimum absolute atomic E-state index is 0.0296. The van der Waals surface area contributed by atoms with E-state index in [0.29, 0.717) is 19.4 Å². The van der Waals surface area contributed by atoms with Gasteiger partial charge in [-0.15, -0.1) is 0 Å². The summed E-state index contributed by atoms with van der Waals surface area (Å²) in [6.45, 7) is 4.23. The number of carbonyl (C=O) groups is 3. The van der Waals surface area contributed by atoms with Crippen LogP contribution in [0.15, 0.2) is 48.5 Å². The molecule has 7 heteroatoms. The average molecular weight is 439 g/mol. The van der Waals surface area contributed by atoms with Gasteiger partial charge < -0.3 is 20.5 Å². The molecule has 2 atom stereocenters. The van der Waals surface area contributed by atoms with E-state index in [1.807, 2.05) is 38.1 Å². The van der Waals surface area contributed by atoms with Gasteiger partial charge in [0, 0.05) is 18.9 Å². The van der Waals surface area contributed by atoms with Crippen molar-refractivity contribution in [3.63, 3.8) is 0 Å². The molecule has 2 aromatic rings. The quantitative estimate of drug-likeness (QED) is 0.521. The molecule has 0 radical (unpaired) electrons. The van der Waals surface area contributed by atoms with Crippen molar-refractivity contribution in [3.8, 4) is 11.1 Å². The van der Waals surface area contributed by atoms with Gasteiger partial charge in [0.1, 0.15) is 12.6 Å². The Hall–Kier alpha value is -3.35. The van der Waals surface area contributed by atoms with E-state index in [1.165, 1.54) is 0 Å². The first kappa shape index (κ1) is 23.3. The second-order valence-electron chi connectivity index (χ2n) is 8.21. The van der Waals surface area contributed by atoms with Gasteiger partial charge in [-0.25, -0.2) is 4.79 Å². The van der Waals surface area contributed by atoms with E-state index < -0.39 is 18.1 Å². The van der Waals surface area contributed by atoms with Crippen LogP contribution >= 0.6 is 0 Å². The molecule has 0 saturated heterocycles. The molecule has 170 valence electrons. The molecule has 0 bridgehead atoms. The number of benzene rings is 2. The average Bonchev–Trinajstić information content (AvgIpc) is 3.12. The standard InChI is InChI=1S/C25H30N2O5/c1-3-22(24(30)26-14-16(2)12-13-23(28)29)27-25(31)32-15-21-19-10-6-4-8-17(19)18-9-5-7-11-20(18)21/h4-11,16,21-22H,3,12-15H2,1-2H3,(H,26,30)(H,27,31)(H,28,29)/t16?,22-/m1/s1. The van der Waals surface area contributed by atoms with Crippen LogP contribution in [0.5, 0.6) is 0 Å². The Kier molecular flexibility index (Phi) is 7.87. The minimum Gasteiger partial charge on any atom is -0.481 e. The number of alkyl carbamates (subject to hydrolysis) is 1. The predicted molar refractivity (Wildman–Crippen MR) is 121 cm³/mol. The van der Waals surface area contributed by atoms with Crippen LogP contribution in [0, 0.1) is 5.92 Å². The van der Waals surface area contributed by atoms with Gasteiger partial charge in [0.2, 0.25) is 5.91 Å². The molecule has 0 aliphatic heterocycles. The third kappa shape index (κ3) is 5.66. The monoisotopic (exact) mass is 438 g/mol. The highest BCUT2D eigenvalue weighted by Gasteiger charge is 2.29. The van der Waals surface area contributed by atoms with Crippen LogP contribution in [0.1, 0.15) is 50.2 Å². The van der Waals surface area contributed by atoms with Gasteiger partial charge >= 0.3 is 12.1 Å². The fraction of sp³-hybridized carbons (Fsp3) is 0.400. The molecular formula is C25H30N2O5. The lowest BCUT2D eigenvalue weighted by molar-refractivity contribution is -0.137. The van der Waals surface area contributed by atoms with Crippen LogP contribution < -0.4 is 10.6 Å². The summed E-state index contributed by atoms with van der Waals surface area (Å²) in [5.74, 6) is -1.17. The van der Waals surface area contributed by atoms with Crippen LogP contribution in [0.25, 0.3) is 11.1 Å². The van der Waals surface area contributed by atoms with Crippen molar-refractivity contribution in [2.75, 3.05) is 13.2 Å². The van der Waals surface area contributed by atoms with E-state index in [2.05, 4.69) is 34.9 Å². The Balaban J connectivity index is 1.52. The summed E-state index contributed by atoms with van der Waals surface area (Å²) in [7, 11) is 0. The van der Waals surface area contributed by atoms with Crippen LogP contribution in [0.2, 0.25) is 0 Å². The molecule has 0 aromatic heterocycles. The minimum atomic E-state index is -0.855. The predicted octanol–water partition coefficient (Wildman–Crippen LogP) is 3.92. The Morgan fingerprint density at radius 3 is 2.19 bits per heavy atom. The summed E-state index contributed by atoms with van der Waals surface area (Å²) >= 11 is 0. The summed E-state index contributed by atoms with van der Waals surface area (Å²) in [6, 6.07) is 15.5. The molecule has 1 aliphatic rings. The summed E-state index contributed by atoms with van der Waals surface area (Å²) in [6.07, 6.45) is 0.325. The van der Waals surface area contributed by atoms with Crippen molar-refractivity contribution in [1.29, 1.82) is 0 Å². The topological polar surface area (TPSA) is 105 Å². The molecule has 0 fully saturated rings. The second-order valence-corrected chi connectivity index (χ2v) is 8.21. The van der Waals surface area contributed by atoms with E-state index >= 15 is 0 Å². The SMILES string of the molecule is CC[C@@H](NC(=O)OCC1c2ccccc2-c2ccccc21)C(=O)NCC(C)CCC(=O)O. The van der Waals surface area contributed by atoms with Gasteiger partial charge in [-0.2, -0.15) is 0 Å². The molecule has 0 heterocycles.